The number of likely N-dealkylation sites (tertiary alicyclic amines) is 1. The molecule has 2 aromatic rings. The fraction of sp³-hybridized carbons (Fsp3) is 0.545. The van der Waals surface area contributed by atoms with Gasteiger partial charge in [-0.15, -0.1) is 0 Å². The lowest BCUT2D eigenvalue weighted by Gasteiger charge is -2.31. The second-order valence-electron chi connectivity index (χ2n) is 8.01. The first-order chi connectivity index (χ1) is 12.4. The van der Waals surface area contributed by atoms with Crippen LogP contribution in [0.2, 0.25) is 0 Å². The molecule has 1 aliphatic heterocycles. The highest BCUT2D eigenvalue weighted by Crippen LogP contribution is 2.25. The van der Waals surface area contributed by atoms with Crippen LogP contribution in [0.1, 0.15) is 59.6 Å². The van der Waals surface area contributed by atoms with Crippen LogP contribution in [0, 0.1) is 25.7 Å². The minimum Gasteiger partial charge on any atom is -0.361 e. The number of ketones is 1. The van der Waals surface area contributed by atoms with E-state index in [2.05, 4.69) is 36.0 Å². The van der Waals surface area contributed by atoms with Gasteiger partial charge in [-0.2, -0.15) is 0 Å². The number of hydrogen-bond acceptors (Lipinski definition) is 4. The van der Waals surface area contributed by atoms with E-state index in [-0.39, 0.29) is 5.92 Å². The molecule has 1 fully saturated rings. The van der Waals surface area contributed by atoms with Crippen molar-refractivity contribution in [2.24, 2.45) is 11.8 Å². The number of nitrogens with zero attached hydrogens (tertiary/aromatic N) is 2. The number of benzene rings is 1. The van der Waals surface area contributed by atoms with E-state index in [1.807, 2.05) is 26.0 Å². The fourth-order valence-corrected chi connectivity index (χ4v) is 3.82. The average molecular weight is 354 g/mol. The van der Waals surface area contributed by atoms with Gasteiger partial charge >= 0.3 is 0 Å². The molecule has 3 rings (SSSR count). The summed E-state index contributed by atoms with van der Waals surface area (Å²) in [4.78, 5) is 15.2. The van der Waals surface area contributed by atoms with Crippen LogP contribution in [0.15, 0.2) is 28.8 Å². The highest BCUT2D eigenvalue weighted by Gasteiger charge is 2.26. The van der Waals surface area contributed by atoms with Crippen LogP contribution in [-0.2, 0) is 13.0 Å². The highest BCUT2D eigenvalue weighted by atomic mass is 16.5. The summed E-state index contributed by atoms with van der Waals surface area (Å²) in [6.07, 6.45) is 2.92. The van der Waals surface area contributed by atoms with Gasteiger partial charge < -0.3 is 4.52 Å². The first-order valence-electron chi connectivity index (χ1n) is 9.71. The van der Waals surface area contributed by atoms with E-state index >= 15 is 0 Å². The molecular weight excluding hydrogens is 324 g/mol. The molecular formula is C22H30N2O2. The number of aromatic nitrogens is 1. The number of Topliss-reactive ketones (excluding diaryl/α,β-unsaturated/α-hetero) is 1. The third-order valence-corrected chi connectivity index (χ3v) is 5.40. The van der Waals surface area contributed by atoms with Crippen LogP contribution in [0.5, 0.6) is 0 Å². The van der Waals surface area contributed by atoms with E-state index in [0.29, 0.717) is 11.7 Å². The molecule has 1 aromatic heterocycles. The molecule has 1 aliphatic rings. The van der Waals surface area contributed by atoms with Crippen molar-refractivity contribution in [3.05, 3.63) is 52.4 Å². The third-order valence-electron chi connectivity index (χ3n) is 5.40. The van der Waals surface area contributed by atoms with Crippen LogP contribution >= 0.6 is 0 Å². The smallest absolute Gasteiger partial charge is 0.166 e. The van der Waals surface area contributed by atoms with Gasteiger partial charge in [0.05, 0.1) is 5.69 Å². The Bertz CT molecular complexity index is 719. The van der Waals surface area contributed by atoms with Crippen molar-refractivity contribution in [1.82, 2.24) is 10.1 Å². The Morgan fingerprint density at radius 3 is 2.38 bits per heavy atom. The second kappa shape index (κ2) is 8.17. The van der Waals surface area contributed by atoms with E-state index in [0.717, 1.165) is 55.9 Å². The maximum absolute atomic E-state index is 12.8. The second-order valence-corrected chi connectivity index (χ2v) is 8.01. The Morgan fingerprint density at radius 1 is 1.19 bits per heavy atom. The molecule has 0 spiro atoms. The number of aryl methyl sites for hydroxylation is 2. The van der Waals surface area contributed by atoms with Gasteiger partial charge in [0, 0.05) is 23.6 Å². The van der Waals surface area contributed by atoms with Crippen molar-refractivity contribution < 1.29 is 9.32 Å². The van der Waals surface area contributed by atoms with Crippen molar-refractivity contribution in [3.8, 4) is 0 Å². The predicted molar refractivity (Wildman–Crippen MR) is 103 cm³/mol. The van der Waals surface area contributed by atoms with Crippen molar-refractivity contribution in [1.29, 1.82) is 0 Å². The molecule has 4 nitrogen and oxygen atoms in total. The Labute approximate surface area is 156 Å². The van der Waals surface area contributed by atoms with Crippen molar-refractivity contribution >= 4 is 5.78 Å². The van der Waals surface area contributed by atoms with Gasteiger partial charge in [0.15, 0.2) is 5.78 Å². The summed E-state index contributed by atoms with van der Waals surface area (Å²) in [6.45, 7) is 11.2. The molecule has 0 saturated carbocycles. The monoisotopic (exact) mass is 354 g/mol. The average Bonchev–Trinajstić information content (AvgIpc) is 2.94. The minimum atomic E-state index is 0.145. The predicted octanol–water partition coefficient (Wildman–Crippen LogP) is 4.58. The van der Waals surface area contributed by atoms with Crippen molar-refractivity contribution in [3.63, 3.8) is 0 Å². The molecule has 1 saturated heterocycles. The maximum Gasteiger partial charge on any atom is 0.166 e. The Balaban J connectivity index is 1.55. The van der Waals surface area contributed by atoms with E-state index in [9.17, 15) is 4.79 Å². The molecule has 2 heterocycles. The van der Waals surface area contributed by atoms with Gasteiger partial charge in [0.25, 0.3) is 0 Å². The molecule has 0 radical (unpaired) electrons. The van der Waals surface area contributed by atoms with Gasteiger partial charge in [-0.3, -0.25) is 9.69 Å². The number of carbonyl (C=O) groups excluding carboxylic acids is 1. The van der Waals surface area contributed by atoms with Gasteiger partial charge in [-0.1, -0.05) is 43.3 Å². The van der Waals surface area contributed by atoms with Crippen LogP contribution in [-0.4, -0.2) is 28.9 Å². The molecule has 0 N–H and O–H groups in total. The zero-order valence-corrected chi connectivity index (χ0v) is 16.4. The summed E-state index contributed by atoms with van der Waals surface area (Å²) in [5.41, 5.74) is 4.34. The third kappa shape index (κ3) is 4.42. The number of hydrogen-bond donors (Lipinski definition) is 0. The Kier molecular flexibility index (Phi) is 5.92. The van der Waals surface area contributed by atoms with E-state index in [1.165, 1.54) is 11.1 Å². The fourth-order valence-electron chi connectivity index (χ4n) is 3.82. The maximum atomic E-state index is 12.8. The standard InChI is InChI=1S/C22H30N2O2/c1-15(2)13-18-5-7-19(8-6-18)22(25)20-9-11-24(12-10-20)14-21-16(3)23-26-17(21)4/h5-8,15,20H,9-14H2,1-4H3. The number of rotatable bonds is 6. The van der Waals surface area contributed by atoms with E-state index in [1.54, 1.807) is 0 Å². The Morgan fingerprint density at radius 2 is 1.85 bits per heavy atom. The number of carbonyl (C=O) groups is 1. The zero-order chi connectivity index (χ0) is 18.7. The van der Waals surface area contributed by atoms with Gasteiger partial charge in [-0.25, -0.2) is 0 Å². The highest BCUT2D eigenvalue weighted by molar-refractivity contribution is 5.97. The summed E-state index contributed by atoms with van der Waals surface area (Å²) in [5.74, 6) is 1.99. The molecule has 4 heteroatoms. The van der Waals surface area contributed by atoms with Gasteiger partial charge in [0.2, 0.25) is 0 Å². The molecule has 140 valence electrons. The summed E-state index contributed by atoms with van der Waals surface area (Å²) in [6, 6.07) is 8.24. The summed E-state index contributed by atoms with van der Waals surface area (Å²) >= 11 is 0. The summed E-state index contributed by atoms with van der Waals surface area (Å²) in [7, 11) is 0. The lowest BCUT2D eigenvalue weighted by Crippen LogP contribution is -2.36. The SMILES string of the molecule is Cc1noc(C)c1CN1CCC(C(=O)c2ccc(CC(C)C)cc2)CC1. The molecule has 26 heavy (non-hydrogen) atoms. The largest absolute Gasteiger partial charge is 0.361 e. The molecule has 0 amide bonds. The molecule has 0 unspecified atom stereocenters. The molecule has 0 atom stereocenters. The van der Waals surface area contributed by atoms with Crippen LogP contribution in [0.3, 0.4) is 0 Å². The minimum absolute atomic E-state index is 0.145. The van der Waals surface area contributed by atoms with Crippen molar-refractivity contribution in [2.75, 3.05) is 13.1 Å². The Hall–Kier alpha value is -1.94. The topological polar surface area (TPSA) is 46.3 Å². The van der Waals surface area contributed by atoms with Gasteiger partial charge in [-0.05, 0) is 57.7 Å². The summed E-state index contributed by atoms with van der Waals surface area (Å²) in [5, 5.41) is 4.03. The van der Waals surface area contributed by atoms with E-state index < -0.39 is 0 Å². The van der Waals surface area contributed by atoms with Crippen LogP contribution in [0.4, 0.5) is 0 Å². The lowest BCUT2D eigenvalue weighted by atomic mass is 9.88. The van der Waals surface area contributed by atoms with Crippen LogP contribution in [0.25, 0.3) is 0 Å². The zero-order valence-electron chi connectivity index (χ0n) is 16.4. The first kappa shape index (κ1) is 18.8. The quantitative estimate of drug-likeness (QED) is 0.712. The summed E-state index contributed by atoms with van der Waals surface area (Å²) < 4.78 is 5.26. The van der Waals surface area contributed by atoms with Crippen LogP contribution < -0.4 is 0 Å². The number of piperidine rings is 1. The molecule has 0 aliphatic carbocycles. The normalized spacial score (nSPS) is 16.3. The van der Waals surface area contributed by atoms with Gasteiger partial charge in [0.1, 0.15) is 5.76 Å². The first-order valence-corrected chi connectivity index (χ1v) is 9.71. The molecule has 1 aromatic carbocycles. The molecule has 0 bridgehead atoms. The lowest BCUT2D eigenvalue weighted by molar-refractivity contribution is 0.0834. The van der Waals surface area contributed by atoms with E-state index in [4.69, 9.17) is 4.52 Å². The van der Waals surface area contributed by atoms with Crippen molar-refractivity contribution in [2.45, 2.75) is 53.5 Å².